The molecular formula is C20H17ClN2O3. The Kier molecular flexibility index (Phi) is 5.84. The number of aliphatic hydroxyl groups is 1. The largest absolute Gasteiger partial charge is 0.491 e. The van der Waals surface area contributed by atoms with Gasteiger partial charge in [-0.05, 0) is 48.0 Å². The predicted molar refractivity (Wildman–Crippen MR) is 101 cm³/mol. The van der Waals surface area contributed by atoms with Gasteiger partial charge < -0.3 is 14.8 Å². The van der Waals surface area contributed by atoms with E-state index in [4.69, 9.17) is 21.4 Å². The number of halogens is 1. The Hall–Kier alpha value is -2.89. The highest BCUT2D eigenvalue weighted by Gasteiger charge is 2.16. The Labute approximate surface area is 155 Å². The minimum absolute atomic E-state index is 0.0418. The first-order valence-electron chi connectivity index (χ1n) is 8.03. The van der Waals surface area contributed by atoms with E-state index in [0.29, 0.717) is 27.7 Å². The van der Waals surface area contributed by atoms with Gasteiger partial charge in [-0.3, -0.25) is 4.79 Å². The van der Waals surface area contributed by atoms with Crippen LogP contribution in [0.15, 0.2) is 60.9 Å². The van der Waals surface area contributed by atoms with Crippen molar-refractivity contribution in [3.05, 3.63) is 82.9 Å². The Balaban J connectivity index is 1.92. The number of rotatable bonds is 7. The van der Waals surface area contributed by atoms with Crippen LogP contribution in [-0.4, -0.2) is 34.1 Å². The Morgan fingerprint density at radius 2 is 1.88 bits per heavy atom. The summed E-state index contributed by atoms with van der Waals surface area (Å²) in [6.45, 7) is 0.196. The van der Waals surface area contributed by atoms with Gasteiger partial charge in [-0.2, -0.15) is 0 Å². The molecular weight excluding hydrogens is 352 g/mol. The van der Waals surface area contributed by atoms with Crippen LogP contribution in [0.3, 0.4) is 0 Å². The van der Waals surface area contributed by atoms with Crippen LogP contribution in [0, 0.1) is 0 Å². The molecule has 0 bridgehead atoms. The molecule has 132 valence electrons. The lowest BCUT2D eigenvalue weighted by Crippen LogP contribution is -2.04. The van der Waals surface area contributed by atoms with E-state index >= 15 is 0 Å². The van der Waals surface area contributed by atoms with E-state index in [1.54, 1.807) is 54.9 Å². The number of allylic oxidation sites excluding steroid dienone is 1. The summed E-state index contributed by atoms with van der Waals surface area (Å²) in [6.07, 6.45) is 5.04. The second-order valence-corrected chi connectivity index (χ2v) is 5.91. The second kappa shape index (κ2) is 8.47. The molecule has 3 aromatic rings. The van der Waals surface area contributed by atoms with E-state index in [-0.39, 0.29) is 19.0 Å². The number of aromatic amines is 1. The van der Waals surface area contributed by atoms with Gasteiger partial charge in [-0.25, -0.2) is 4.98 Å². The summed E-state index contributed by atoms with van der Waals surface area (Å²) < 4.78 is 5.35. The lowest BCUT2D eigenvalue weighted by Gasteiger charge is -2.07. The van der Waals surface area contributed by atoms with Crippen LogP contribution in [0.4, 0.5) is 0 Å². The van der Waals surface area contributed by atoms with E-state index in [1.807, 2.05) is 12.1 Å². The van der Waals surface area contributed by atoms with Crippen LogP contribution in [0.1, 0.15) is 21.7 Å². The van der Waals surface area contributed by atoms with Crippen LogP contribution in [-0.2, 0) is 0 Å². The Bertz CT molecular complexity index is 886. The molecule has 5 nitrogen and oxygen atoms in total. The fourth-order valence-corrected chi connectivity index (χ4v) is 2.53. The number of benzene rings is 2. The monoisotopic (exact) mass is 368 g/mol. The average Bonchev–Trinajstić information content (AvgIpc) is 3.20. The maximum absolute atomic E-state index is 12.9. The third kappa shape index (κ3) is 4.39. The zero-order valence-electron chi connectivity index (χ0n) is 13.9. The number of nitrogens with one attached hydrogen (secondary N) is 1. The Morgan fingerprint density at radius 3 is 2.50 bits per heavy atom. The quantitative estimate of drug-likeness (QED) is 0.490. The van der Waals surface area contributed by atoms with Crippen LogP contribution in [0.25, 0.3) is 11.6 Å². The standard InChI is InChI=1S/C20H17ClN2O3/c21-16-5-3-15(4-6-16)19(25)18(20-22-9-10-23-20)13-14-1-7-17(8-2-14)26-12-11-24/h1-10,13,24H,11-12H2,(H,22,23). The number of ether oxygens (including phenoxy) is 1. The highest BCUT2D eigenvalue weighted by molar-refractivity contribution is 6.33. The van der Waals surface area contributed by atoms with Gasteiger partial charge in [0, 0.05) is 23.0 Å². The van der Waals surface area contributed by atoms with E-state index in [1.165, 1.54) is 0 Å². The van der Waals surface area contributed by atoms with Gasteiger partial charge in [0.15, 0.2) is 5.78 Å². The summed E-state index contributed by atoms with van der Waals surface area (Å²) in [5.74, 6) is 0.988. The zero-order chi connectivity index (χ0) is 18.4. The molecule has 0 aliphatic carbocycles. The Morgan fingerprint density at radius 1 is 1.15 bits per heavy atom. The number of H-pyrrole nitrogens is 1. The number of hydrogen-bond acceptors (Lipinski definition) is 4. The van der Waals surface area contributed by atoms with E-state index in [9.17, 15) is 4.79 Å². The van der Waals surface area contributed by atoms with E-state index in [2.05, 4.69) is 9.97 Å². The maximum atomic E-state index is 12.9. The van der Waals surface area contributed by atoms with Gasteiger partial charge in [0.05, 0.1) is 12.2 Å². The first-order chi connectivity index (χ1) is 12.7. The van der Waals surface area contributed by atoms with Crippen molar-refractivity contribution in [1.29, 1.82) is 0 Å². The molecule has 0 aliphatic rings. The normalized spacial score (nSPS) is 11.4. The molecule has 26 heavy (non-hydrogen) atoms. The van der Waals surface area contributed by atoms with Gasteiger partial charge in [0.2, 0.25) is 0 Å². The highest BCUT2D eigenvalue weighted by atomic mass is 35.5. The van der Waals surface area contributed by atoms with Gasteiger partial charge in [-0.1, -0.05) is 23.7 Å². The topological polar surface area (TPSA) is 75.2 Å². The maximum Gasteiger partial charge on any atom is 0.196 e. The van der Waals surface area contributed by atoms with Crippen LogP contribution in [0.2, 0.25) is 5.02 Å². The average molecular weight is 369 g/mol. The van der Waals surface area contributed by atoms with Crippen LogP contribution < -0.4 is 4.74 Å². The molecule has 0 aliphatic heterocycles. The number of aliphatic hydroxyl groups excluding tert-OH is 1. The minimum Gasteiger partial charge on any atom is -0.491 e. The van der Waals surface area contributed by atoms with Gasteiger partial charge in [-0.15, -0.1) is 0 Å². The molecule has 0 atom stereocenters. The van der Waals surface area contributed by atoms with Crippen molar-refractivity contribution in [3.8, 4) is 5.75 Å². The predicted octanol–water partition coefficient (Wildman–Crippen LogP) is 3.86. The summed E-state index contributed by atoms with van der Waals surface area (Å²) in [5, 5.41) is 9.38. The molecule has 0 spiro atoms. The minimum atomic E-state index is -0.155. The van der Waals surface area contributed by atoms with E-state index < -0.39 is 0 Å². The molecule has 0 fully saturated rings. The molecule has 6 heteroatoms. The first kappa shape index (κ1) is 17.9. The van der Waals surface area contributed by atoms with Crippen molar-refractivity contribution in [2.75, 3.05) is 13.2 Å². The van der Waals surface area contributed by atoms with Crippen molar-refractivity contribution in [2.24, 2.45) is 0 Å². The molecule has 0 unspecified atom stereocenters. The number of Topliss-reactive ketones (excluding diaryl/α,β-unsaturated/α-hetero) is 1. The molecule has 0 saturated carbocycles. The summed E-state index contributed by atoms with van der Waals surface area (Å²) in [7, 11) is 0. The highest BCUT2D eigenvalue weighted by Crippen LogP contribution is 2.22. The molecule has 2 N–H and O–H groups in total. The number of carbonyl (C=O) groups excluding carboxylic acids is 1. The van der Waals surface area contributed by atoms with Gasteiger partial charge in [0.1, 0.15) is 18.2 Å². The summed E-state index contributed by atoms with van der Waals surface area (Å²) in [6, 6.07) is 14.0. The SMILES string of the molecule is O=C(C(=Cc1ccc(OCCO)cc1)c1ncc[nH]1)c1ccc(Cl)cc1. The summed E-state index contributed by atoms with van der Waals surface area (Å²) in [4.78, 5) is 20.1. The summed E-state index contributed by atoms with van der Waals surface area (Å²) >= 11 is 5.90. The summed E-state index contributed by atoms with van der Waals surface area (Å²) in [5.41, 5.74) is 1.80. The zero-order valence-corrected chi connectivity index (χ0v) is 14.6. The van der Waals surface area contributed by atoms with E-state index in [0.717, 1.165) is 5.56 Å². The second-order valence-electron chi connectivity index (χ2n) is 5.47. The molecule has 0 amide bonds. The van der Waals surface area contributed by atoms with Crippen molar-refractivity contribution in [3.63, 3.8) is 0 Å². The molecule has 1 aromatic heterocycles. The van der Waals surface area contributed by atoms with Gasteiger partial charge in [0.25, 0.3) is 0 Å². The fraction of sp³-hybridized carbons (Fsp3) is 0.100. The third-order valence-electron chi connectivity index (χ3n) is 3.66. The number of hydrogen-bond donors (Lipinski definition) is 2. The third-order valence-corrected chi connectivity index (χ3v) is 3.91. The molecule has 1 heterocycles. The van der Waals surface area contributed by atoms with Crippen LogP contribution in [0.5, 0.6) is 5.75 Å². The van der Waals surface area contributed by atoms with Crippen molar-refractivity contribution in [2.45, 2.75) is 0 Å². The number of imidazole rings is 1. The molecule has 3 rings (SSSR count). The number of ketones is 1. The number of nitrogens with zero attached hydrogens (tertiary/aromatic N) is 1. The molecule has 0 saturated heterocycles. The lowest BCUT2D eigenvalue weighted by molar-refractivity contribution is 0.105. The number of carbonyl (C=O) groups is 1. The lowest BCUT2D eigenvalue weighted by atomic mass is 10.0. The van der Waals surface area contributed by atoms with Crippen molar-refractivity contribution >= 4 is 29.0 Å². The molecule has 2 aromatic carbocycles. The van der Waals surface area contributed by atoms with Gasteiger partial charge >= 0.3 is 0 Å². The van der Waals surface area contributed by atoms with Crippen molar-refractivity contribution < 1.29 is 14.6 Å². The fourth-order valence-electron chi connectivity index (χ4n) is 2.40. The smallest absolute Gasteiger partial charge is 0.196 e. The number of aromatic nitrogens is 2. The van der Waals surface area contributed by atoms with Crippen molar-refractivity contribution in [1.82, 2.24) is 9.97 Å². The van der Waals surface area contributed by atoms with Crippen LogP contribution >= 0.6 is 11.6 Å². The first-order valence-corrected chi connectivity index (χ1v) is 8.40. The molecule has 0 radical (unpaired) electrons.